The standard InChI is InChI=1S/C14H22N4O7S/c1-14(24-6,8-26(20)21)11(12(19)17-18(2)3)25-13-15-9(22-4)7-10(16-13)23-5/h7-8,11H,1-6H3,(H,17,19). The van der Waals surface area contributed by atoms with Crippen LogP contribution < -0.4 is 19.6 Å². The lowest BCUT2D eigenvalue weighted by atomic mass is 10.0. The van der Waals surface area contributed by atoms with E-state index >= 15 is 0 Å². The second-order valence-electron chi connectivity index (χ2n) is 5.37. The van der Waals surface area contributed by atoms with Crippen LogP contribution in [-0.4, -0.2) is 81.8 Å². The normalized spacial score (nSPS) is 14.1. The Labute approximate surface area is 152 Å². The van der Waals surface area contributed by atoms with Crippen LogP contribution in [0.2, 0.25) is 0 Å². The van der Waals surface area contributed by atoms with Crippen LogP contribution in [0.25, 0.3) is 0 Å². The van der Waals surface area contributed by atoms with E-state index in [0.29, 0.717) is 0 Å². The molecule has 0 saturated carbocycles. The molecule has 1 amide bonds. The molecule has 0 bridgehead atoms. The number of hydrogen-bond acceptors (Lipinski definition) is 10. The van der Waals surface area contributed by atoms with Crippen molar-refractivity contribution in [2.24, 2.45) is 0 Å². The van der Waals surface area contributed by atoms with Gasteiger partial charge in [-0.2, -0.15) is 18.4 Å². The molecule has 12 heteroatoms. The number of methoxy groups -OCH3 is 3. The van der Waals surface area contributed by atoms with E-state index in [2.05, 4.69) is 15.4 Å². The number of aromatic nitrogens is 2. The molecule has 2 unspecified atom stereocenters. The summed E-state index contributed by atoms with van der Waals surface area (Å²) in [6.07, 6.45) is -1.44. The van der Waals surface area contributed by atoms with Crippen LogP contribution in [0.1, 0.15) is 6.92 Å². The van der Waals surface area contributed by atoms with Gasteiger partial charge in [0.2, 0.25) is 28.2 Å². The van der Waals surface area contributed by atoms with Crippen molar-refractivity contribution in [2.75, 3.05) is 35.4 Å². The zero-order valence-electron chi connectivity index (χ0n) is 15.3. The largest absolute Gasteiger partial charge is 0.481 e. The molecule has 26 heavy (non-hydrogen) atoms. The first kappa shape index (κ1) is 21.6. The minimum absolute atomic E-state index is 0.133. The molecule has 1 N–H and O–H groups in total. The fourth-order valence-corrected chi connectivity index (χ4v) is 2.47. The van der Waals surface area contributed by atoms with E-state index < -0.39 is 27.9 Å². The zero-order chi connectivity index (χ0) is 19.9. The molecular weight excluding hydrogens is 368 g/mol. The Kier molecular flexibility index (Phi) is 7.74. The molecule has 0 aliphatic heterocycles. The van der Waals surface area contributed by atoms with Crippen molar-refractivity contribution in [1.82, 2.24) is 20.4 Å². The van der Waals surface area contributed by atoms with Crippen LogP contribution in [-0.2, 0) is 19.8 Å². The van der Waals surface area contributed by atoms with Gasteiger partial charge in [-0.05, 0) is 6.92 Å². The highest BCUT2D eigenvalue weighted by Gasteiger charge is 2.42. The number of nitrogens with zero attached hydrogens (tertiary/aromatic N) is 3. The smallest absolute Gasteiger partial charge is 0.323 e. The quantitative estimate of drug-likeness (QED) is 0.410. The van der Waals surface area contributed by atoms with Crippen LogP contribution in [0.5, 0.6) is 17.8 Å². The second-order valence-corrected chi connectivity index (χ2v) is 6.13. The zero-order valence-corrected chi connectivity index (χ0v) is 16.2. The summed E-state index contributed by atoms with van der Waals surface area (Å²) in [7, 11) is 4.56. The minimum Gasteiger partial charge on any atom is -0.481 e. The predicted molar refractivity (Wildman–Crippen MR) is 91.8 cm³/mol. The summed E-state index contributed by atoms with van der Waals surface area (Å²) in [5.41, 5.74) is 0.851. The topological polar surface area (TPSA) is 129 Å². The summed E-state index contributed by atoms with van der Waals surface area (Å²) in [5, 5.41) is 2.18. The highest BCUT2D eigenvalue weighted by molar-refractivity contribution is 7.71. The Morgan fingerprint density at radius 2 is 1.77 bits per heavy atom. The van der Waals surface area contributed by atoms with E-state index in [4.69, 9.17) is 18.9 Å². The molecule has 0 saturated heterocycles. The predicted octanol–water partition coefficient (Wildman–Crippen LogP) is -1.08. The number of hydrazine groups is 1. The van der Waals surface area contributed by atoms with Gasteiger partial charge in [-0.25, -0.2) is 5.01 Å². The van der Waals surface area contributed by atoms with E-state index in [1.807, 2.05) is 0 Å². The highest BCUT2D eigenvalue weighted by atomic mass is 32.2. The summed E-state index contributed by atoms with van der Waals surface area (Å²) in [5.74, 6) is -0.408. The first-order chi connectivity index (χ1) is 12.1. The van der Waals surface area contributed by atoms with Gasteiger partial charge < -0.3 is 18.9 Å². The molecule has 0 aromatic carbocycles. The molecule has 0 radical (unpaired) electrons. The van der Waals surface area contributed by atoms with Crippen molar-refractivity contribution in [3.05, 3.63) is 6.07 Å². The molecular formula is C14H22N4O7S. The molecule has 0 spiro atoms. The Bertz CT molecular complexity index is 738. The number of nitrogens with one attached hydrogen (secondary N) is 1. The van der Waals surface area contributed by atoms with Gasteiger partial charge in [0.05, 0.1) is 25.7 Å². The molecule has 1 rings (SSSR count). The average Bonchev–Trinajstić information content (AvgIpc) is 2.57. The molecule has 146 valence electrons. The fraction of sp³-hybridized carbons (Fsp3) is 0.571. The number of carbonyl (C=O) groups excluding carboxylic acids is 1. The number of rotatable bonds is 9. The van der Waals surface area contributed by atoms with E-state index in [1.165, 1.54) is 39.3 Å². The third kappa shape index (κ3) is 5.82. The molecule has 1 aromatic rings. The van der Waals surface area contributed by atoms with E-state index in [-0.39, 0.29) is 17.8 Å². The molecule has 0 fully saturated rings. The molecule has 0 aliphatic rings. The SMILES string of the molecule is COc1cc(OC)nc(OC(C(=O)NN(C)C)C(C)(C=S(=O)=O)OC)n1. The van der Waals surface area contributed by atoms with Crippen LogP contribution in [0.15, 0.2) is 6.07 Å². The van der Waals surface area contributed by atoms with Crippen LogP contribution in [0, 0.1) is 0 Å². The summed E-state index contributed by atoms with van der Waals surface area (Å²) < 4.78 is 43.2. The average molecular weight is 390 g/mol. The molecule has 0 aliphatic carbocycles. The van der Waals surface area contributed by atoms with E-state index in [9.17, 15) is 13.2 Å². The monoisotopic (exact) mass is 390 g/mol. The summed E-state index contributed by atoms with van der Waals surface area (Å²) in [6, 6.07) is 1.16. The third-order valence-corrected chi connectivity index (χ3v) is 3.82. The van der Waals surface area contributed by atoms with Gasteiger partial charge in [0.25, 0.3) is 5.91 Å². The number of amides is 1. The minimum atomic E-state index is -2.62. The van der Waals surface area contributed by atoms with Crippen molar-refractivity contribution < 1.29 is 32.2 Å². The summed E-state index contributed by atoms with van der Waals surface area (Å²) in [6.45, 7) is 1.38. The van der Waals surface area contributed by atoms with Crippen molar-refractivity contribution >= 4 is 21.6 Å². The maximum Gasteiger partial charge on any atom is 0.323 e. The Morgan fingerprint density at radius 1 is 1.23 bits per heavy atom. The van der Waals surface area contributed by atoms with Gasteiger partial charge in [0, 0.05) is 21.2 Å². The van der Waals surface area contributed by atoms with Gasteiger partial charge in [-0.1, -0.05) is 0 Å². The Morgan fingerprint density at radius 3 is 2.15 bits per heavy atom. The van der Waals surface area contributed by atoms with Crippen molar-refractivity contribution in [3.8, 4) is 17.8 Å². The number of ether oxygens (including phenoxy) is 4. The van der Waals surface area contributed by atoms with Crippen molar-refractivity contribution in [1.29, 1.82) is 0 Å². The number of carbonyl (C=O) groups is 1. The van der Waals surface area contributed by atoms with Crippen LogP contribution in [0.4, 0.5) is 0 Å². The van der Waals surface area contributed by atoms with Gasteiger partial charge in [0.1, 0.15) is 5.60 Å². The Balaban J connectivity index is 3.37. The first-order valence-corrected chi connectivity index (χ1v) is 8.39. The molecule has 11 nitrogen and oxygen atoms in total. The lowest BCUT2D eigenvalue weighted by Gasteiger charge is -2.31. The van der Waals surface area contributed by atoms with Gasteiger partial charge >= 0.3 is 6.01 Å². The summed E-state index contributed by atoms with van der Waals surface area (Å²) in [4.78, 5) is 20.5. The lowest BCUT2D eigenvalue weighted by molar-refractivity contribution is -0.141. The maximum atomic E-state index is 12.6. The highest BCUT2D eigenvalue weighted by Crippen LogP contribution is 2.23. The van der Waals surface area contributed by atoms with Gasteiger partial charge in [0.15, 0.2) is 0 Å². The van der Waals surface area contributed by atoms with Crippen molar-refractivity contribution in [2.45, 2.75) is 18.6 Å². The number of hydrogen-bond donors (Lipinski definition) is 1. The molecule has 2 atom stereocenters. The van der Waals surface area contributed by atoms with E-state index in [0.717, 1.165) is 5.37 Å². The van der Waals surface area contributed by atoms with Crippen LogP contribution in [0.3, 0.4) is 0 Å². The molecule has 1 heterocycles. The van der Waals surface area contributed by atoms with Crippen molar-refractivity contribution in [3.63, 3.8) is 0 Å². The Hall–Kier alpha value is -2.44. The molecule has 1 aromatic heterocycles. The van der Waals surface area contributed by atoms with Gasteiger partial charge in [-0.3, -0.25) is 10.2 Å². The lowest BCUT2D eigenvalue weighted by Crippen LogP contribution is -2.57. The first-order valence-electron chi connectivity index (χ1n) is 7.26. The fourth-order valence-electron chi connectivity index (χ4n) is 1.87. The van der Waals surface area contributed by atoms with Gasteiger partial charge in [-0.15, -0.1) is 0 Å². The maximum absolute atomic E-state index is 12.6. The third-order valence-electron chi connectivity index (χ3n) is 3.16. The van der Waals surface area contributed by atoms with Crippen LogP contribution >= 0.6 is 0 Å². The summed E-state index contributed by atoms with van der Waals surface area (Å²) >= 11 is 0. The second kappa shape index (κ2) is 9.31. The van der Waals surface area contributed by atoms with E-state index in [1.54, 1.807) is 14.1 Å².